The molecule has 0 spiro atoms. The normalized spacial score (nSPS) is 11.4. The van der Waals surface area contributed by atoms with Crippen LogP contribution in [0.1, 0.15) is 18.1 Å². The molecule has 27 heavy (non-hydrogen) atoms. The molecule has 0 bridgehead atoms. The second-order valence-electron chi connectivity index (χ2n) is 6.19. The van der Waals surface area contributed by atoms with Crippen molar-refractivity contribution in [2.75, 3.05) is 0 Å². The van der Waals surface area contributed by atoms with E-state index in [1.807, 2.05) is 24.3 Å². The fourth-order valence-electron chi connectivity index (χ4n) is 2.82. The number of rotatable bonds is 4. The maximum Gasteiger partial charge on any atom is 0.231 e. The van der Waals surface area contributed by atoms with Crippen LogP contribution in [0.25, 0.3) is 22.6 Å². The van der Waals surface area contributed by atoms with Gasteiger partial charge in [-0.1, -0.05) is 25.1 Å². The van der Waals surface area contributed by atoms with Crippen LogP contribution in [-0.2, 0) is 6.42 Å². The van der Waals surface area contributed by atoms with Gasteiger partial charge in [0.1, 0.15) is 17.0 Å². The molecule has 0 saturated carbocycles. The number of aromatic nitrogens is 1. The van der Waals surface area contributed by atoms with Crippen molar-refractivity contribution in [1.82, 2.24) is 4.98 Å². The number of hydrogen-bond donors (Lipinski definition) is 2. The number of phenols is 2. The lowest BCUT2D eigenvalue weighted by Crippen LogP contribution is -1.82. The van der Waals surface area contributed by atoms with Gasteiger partial charge in [0.2, 0.25) is 5.89 Å². The zero-order chi connectivity index (χ0) is 18.8. The number of oxazole rings is 1. The quantitative estimate of drug-likeness (QED) is 0.490. The average Bonchev–Trinajstić information content (AvgIpc) is 3.11. The van der Waals surface area contributed by atoms with Gasteiger partial charge in [-0.25, -0.2) is 4.98 Å². The van der Waals surface area contributed by atoms with Gasteiger partial charge < -0.3 is 14.6 Å². The third-order valence-corrected chi connectivity index (χ3v) is 4.36. The molecular formula is C22H18N2O3. The van der Waals surface area contributed by atoms with Gasteiger partial charge in [0.05, 0.1) is 11.3 Å². The summed E-state index contributed by atoms with van der Waals surface area (Å²) in [6, 6.07) is 17.8. The van der Waals surface area contributed by atoms with E-state index in [-0.39, 0.29) is 11.5 Å². The highest BCUT2D eigenvalue weighted by Gasteiger charge is 2.13. The molecule has 3 aromatic carbocycles. The molecule has 5 nitrogen and oxygen atoms in total. The number of para-hydroxylation sites is 1. The topological polar surface area (TPSA) is 78.9 Å². The smallest absolute Gasteiger partial charge is 0.231 e. The summed E-state index contributed by atoms with van der Waals surface area (Å²) in [5.74, 6) is 0.570. The highest BCUT2D eigenvalue weighted by molar-refractivity contribution is 5.86. The summed E-state index contributed by atoms with van der Waals surface area (Å²) in [5.41, 5.74) is 4.30. The van der Waals surface area contributed by atoms with Crippen molar-refractivity contribution >= 4 is 23.0 Å². The minimum atomic E-state index is 0.0683. The van der Waals surface area contributed by atoms with Gasteiger partial charge in [-0.15, -0.1) is 0 Å². The average molecular weight is 358 g/mol. The molecule has 0 unspecified atom stereocenters. The van der Waals surface area contributed by atoms with Gasteiger partial charge in [-0.3, -0.25) is 4.99 Å². The van der Waals surface area contributed by atoms with Crippen molar-refractivity contribution in [2.45, 2.75) is 13.3 Å². The lowest BCUT2D eigenvalue weighted by molar-refractivity contribution is 0.473. The standard InChI is InChI=1S/C22H18N2O3/c1-2-14-7-10-21-18(11-14)24-22(27-21)17-12-16(8-9-20(17)26)23-13-15-5-3-4-6-19(15)25/h3-13,25-26H,2H2,1H3. The number of fused-ring (bicyclic) bond motifs is 1. The monoisotopic (exact) mass is 358 g/mol. The molecule has 4 rings (SSSR count). The van der Waals surface area contributed by atoms with Gasteiger partial charge in [0.15, 0.2) is 5.58 Å². The Kier molecular flexibility index (Phi) is 4.34. The zero-order valence-corrected chi connectivity index (χ0v) is 14.8. The molecule has 0 saturated heterocycles. The van der Waals surface area contributed by atoms with Crippen molar-refractivity contribution in [3.63, 3.8) is 0 Å². The van der Waals surface area contributed by atoms with Gasteiger partial charge in [-0.05, 0) is 54.4 Å². The summed E-state index contributed by atoms with van der Waals surface area (Å²) < 4.78 is 5.81. The van der Waals surface area contributed by atoms with E-state index in [0.29, 0.717) is 28.3 Å². The van der Waals surface area contributed by atoms with E-state index in [1.54, 1.807) is 42.6 Å². The molecule has 0 aliphatic carbocycles. The molecule has 0 radical (unpaired) electrons. The van der Waals surface area contributed by atoms with Gasteiger partial charge >= 0.3 is 0 Å². The Morgan fingerprint density at radius 3 is 2.67 bits per heavy atom. The van der Waals surface area contributed by atoms with Crippen molar-refractivity contribution in [1.29, 1.82) is 0 Å². The Bertz CT molecular complexity index is 1150. The number of benzene rings is 3. The van der Waals surface area contributed by atoms with E-state index in [4.69, 9.17) is 4.42 Å². The SMILES string of the molecule is CCc1ccc2oc(-c3cc(N=Cc4ccccc4O)ccc3O)nc2c1. The number of phenolic OH excluding ortho intramolecular Hbond substituents is 2. The first kappa shape index (κ1) is 16.8. The van der Waals surface area contributed by atoms with Crippen LogP contribution in [0.2, 0.25) is 0 Å². The molecule has 0 amide bonds. The molecule has 0 fully saturated rings. The van der Waals surface area contributed by atoms with Crippen molar-refractivity contribution in [3.8, 4) is 23.0 Å². The Morgan fingerprint density at radius 2 is 1.85 bits per heavy atom. The Balaban J connectivity index is 1.71. The molecule has 0 atom stereocenters. The Morgan fingerprint density at radius 1 is 1.00 bits per heavy atom. The first-order chi connectivity index (χ1) is 13.1. The molecule has 134 valence electrons. The minimum Gasteiger partial charge on any atom is -0.507 e. The van der Waals surface area contributed by atoms with E-state index in [2.05, 4.69) is 16.9 Å². The molecule has 1 heterocycles. The van der Waals surface area contributed by atoms with Crippen molar-refractivity contribution in [2.24, 2.45) is 4.99 Å². The number of aryl methyl sites for hydroxylation is 1. The van der Waals surface area contributed by atoms with Crippen LogP contribution in [0.3, 0.4) is 0 Å². The van der Waals surface area contributed by atoms with Crippen molar-refractivity contribution < 1.29 is 14.6 Å². The lowest BCUT2D eigenvalue weighted by Gasteiger charge is -2.02. The molecular weight excluding hydrogens is 340 g/mol. The Hall–Kier alpha value is -3.60. The molecule has 4 aromatic rings. The summed E-state index contributed by atoms with van der Waals surface area (Å²) in [6.07, 6.45) is 2.49. The van der Waals surface area contributed by atoms with Crippen LogP contribution in [-0.4, -0.2) is 21.4 Å². The van der Waals surface area contributed by atoms with E-state index in [9.17, 15) is 10.2 Å². The largest absolute Gasteiger partial charge is 0.507 e. The summed E-state index contributed by atoms with van der Waals surface area (Å²) in [7, 11) is 0. The molecule has 0 aliphatic heterocycles. The first-order valence-corrected chi connectivity index (χ1v) is 8.69. The summed E-state index contributed by atoms with van der Waals surface area (Å²) in [4.78, 5) is 8.89. The lowest BCUT2D eigenvalue weighted by atomic mass is 10.1. The van der Waals surface area contributed by atoms with Crippen LogP contribution in [0.15, 0.2) is 70.1 Å². The van der Waals surface area contributed by atoms with Crippen LogP contribution in [0.5, 0.6) is 11.5 Å². The summed E-state index contributed by atoms with van der Waals surface area (Å²) >= 11 is 0. The number of aliphatic imine (C=N–C) groups is 1. The van der Waals surface area contributed by atoms with Gasteiger partial charge in [0.25, 0.3) is 0 Å². The number of nitrogens with zero attached hydrogens (tertiary/aromatic N) is 2. The second kappa shape index (κ2) is 6.96. The van der Waals surface area contributed by atoms with Crippen LogP contribution in [0, 0.1) is 0 Å². The Labute approximate surface area is 156 Å². The fourth-order valence-corrected chi connectivity index (χ4v) is 2.82. The second-order valence-corrected chi connectivity index (χ2v) is 6.19. The van der Waals surface area contributed by atoms with Gasteiger partial charge in [-0.2, -0.15) is 0 Å². The number of hydrogen-bond acceptors (Lipinski definition) is 5. The number of aromatic hydroxyl groups is 2. The third kappa shape index (κ3) is 3.40. The highest BCUT2D eigenvalue weighted by atomic mass is 16.3. The first-order valence-electron chi connectivity index (χ1n) is 8.69. The third-order valence-electron chi connectivity index (χ3n) is 4.36. The molecule has 1 aromatic heterocycles. The summed E-state index contributed by atoms with van der Waals surface area (Å²) in [5, 5.41) is 20.1. The predicted molar refractivity (Wildman–Crippen MR) is 106 cm³/mol. The fraction of sp³-hybridized carbons (Fsp3) is 0.0909. The van der Waals surface area contributed by atoms with Crippen LogP contribution < -0.4 is 0 Å². The molecule has 0 aliphatic rings. The van der Waals surface area contributed by atoms with Crippen LogP contribution >= 0.6 is 0 Å². The van der Waals surface area contributed by atoms with Crippen LogP contribution in [0.4, 0.5) is 5.69 Å². The van der Waals surface area contributed by atoms with E-state index < -0.39 is 0 Å². The predicted octanol–water partition coefficient (Wildman–Crippen LogP) is 5.22. The van der Waals surface area contributed by atoms with Gasteiger partial charge in [0, 0.05) is 11.8 Å². The van der Waals surface area contributed by atoms with E-state index in [1.165, 1.54) is 5.56 Å². The van der Waals surface area contributed by atoms with Crippen molar-refractivity contribution in [3.05, 3.63) is 71.8 Å². The maximum atomic E-state index is 10.3. The molecule has 2 N–H and O–H groups in total. The minimum absolute atomic E-state index is 0.0683. The maximum absolute atomic E-state index is 10.3. The molecule has 5 heteroatoms. The van der Waals surface area contributed by atoms with E-state index in [0.717, 1.165) is 11.9 Å². The summed E-state index contributed by atoms with van der Waals surface area (Å²) in [6.45, 7) is 2.08. The van der Waals surface area contributed by atoms with E-state index >= 15 is 0 Å². The zero-order valence-electron chi connectivity index (χ0n) is 14.8. The highest BCUT2D eigenvalue weighted by Crippen LogP contribution is 2.34.